The molecule has 1 atom stereocenters. The third-order valence-electron chi connectivity index (χ3n) is 3.13. The van der Waals surface area contributed by atoms with Crippen molar-refractivity contribution in [3.05, 3.63) is 0 Å². The van der Waals surface area contributed by atoms with Gasteiger partial charge in [-0.2, -0.15) is 0 Å². The standard InChI is InChI=1S/C11H27P/c1-6-9-11(8-3)12(4,5)10-7-2/h11-12H,6-10H2,1-5H3. The Morgan fingerprint density at radius 2 is 1.58 bits per heavy atom. The molecule has 0 amide bonds. The van der Waals surface area contributed by atoms with E-state index in [2.05, 4.69) is 34.1 Å². The second kappa shape index (κ2) is 5.97. The molecule has 0 aliphatic heterocycles. The van der Waals surface area contributed by atoms with Gasteiger partial charge in [0.2, 0.25) is 0 Å². The molecule has 0 fully saturated rings. The second-order valence-corrected chi connectivity index (χ2v) is 9.93. The molecule has 0 spiro atoms. The molecule has 0 aliphatic carbocycles. The summed E-state index contributed by atoms with van der Waals surface area (Å²) in [5.41, 5.74) is 1.07. The van der Waals surface area contributed by atoms with E-state index in [1.165, 1.54) is 31.8 Å². The minimum absolute atomic E-state index is 0.854. The summed E-state index contributed by atoms with van der Waals surface area (Å²) in [6, 6.07) is 0. The first-order chi connectivity index (χ1) is 5.58. The van der Waals surface area contributed by atoms with E-state index in [0.29, 0.717) is 0 Å². The van der Waals surface area contributed by atoms with Crippen LogP contribution >= 0.6 is 7.26 Å². The van der Waals surface area contributed by atoms with Crippen LogP contribution in [0, 0.1) is 0 Å². The van der Waals surface area contributed by atoms with E-state index in [4.69, 9.17) is 0 Å². The van der Waals surface area contributed by atoms with Crippen molar-refractivity contribution < 1.29 is 0 Å². The quantitative estimate of drug-likeness (QED) is 0.556. The Balaban J connectivity index is 4.05. The Morgan fingerprint density at radius 1 is 1.00 bits per heavy atom. The van der Waals surface area contributed by atoms with E-state index < -0.39 is 7.26 Å². The second-order valence-electron chi connectivity index (χ2n) is 4.63. The minimum atomic E-state index is -0.854. The molecule has 0 rings (SSSR count). The third-order valence-corrected chi connectivity index (χ3v) is 7.83. The molecule has 1 unspecified atom stereocenters. The maximum atomic E-state index is 2.57. The Morgan fingerprint density at radius 3 is 1.92 bits per heavy atom. The van der Waals surface area contributed by atoms with Gasteiger partial charge in [0.15, 0.2) is 0 Å². The van der Waals surface area contributed by atoms with E-state index in [1.54, 1.807) is 0 Å². The number of hydrogen-bond acceptors (Lipinski definition) is 0. The molecular formula is C11H27P. The van der Waals surface area contributed by atoms with Gasteiger partial charge in [0, 0.05) is 0 Å². The average Bonchev–Trinajstić information content (AvgIpc) is 1.99. The van der Waals surface area contributed by atoms with Crippen molar-refractivity contribution in [3.63, 3.8) is 0 Å². The van der Waals surface area contributed by atoms with Crippen molar-refractivity contribution in [1.29, 1.82) is 0 Å². The van der Waals surface area contributed by atoms with E-state index >= 15 is 0 Å². The molecule has 0 heterocycles. The van der Waals surface area contributed by atoms with Crippen LogP contribution in [0.2, 0.25) is 0 Å². The summed E-state index contributed by atoms with van der Waals surface area (Å²) in [6.45, 7) is 12.2. The zero-order valence-electron chi connectivity index (χ0n) is 9.61. The van der Waals surface area contributed by atoms with Gasteiger partial charge in [-0.05, 0) is 0 Å². The van der Waals surface area contributed by atoms with Crippen LogP contribution < -0.4 is 0 Å². The zero-order valence-corrected chi connectivity index (χ0v) is 10.6. The first-order valence-electron chi connectivity index (χ1n) is 5.58. The summed E-state index contributed by atoms with van der Waals surface area (Å²) < 4.78 is 0. The van der Waals surface area contributed by atoms with Gasteiger partial charge in [0.1, 0.15) is 0 Å². The van der Waals surface area contributed by atoms with Gasteiger partial charge in [-0.15, -0.1) is 0 Å². The zero-order chi connectivity index (χ0) is 9.61. The summed E-state index contributed by atoms with van der Waals surface area (Å²) >= 11 is 0. The molecule has 0 saturated heterocycles. The summed E-state index contributed by atoms with van der Waals surface area (Å²) in [6.07, 6.45) is 7.16. The van der Waals surface area contributed by atoms with E-state index in [1.807, 2.05) is 0 Å². The molecule has 12 heavy (non-hydrogen) atoms. The first-order valence-corrected chi connectivity index (χ1v) is 8.86. The van der Waals surface area contributed by atoms with Crippen molar-refractivity contribution in [1.82, 2.24) is 0 Å². The Bertz CT molecular complexity index is 108. The van der Waals surface area contributed by atoms with Crippen LogP contribution in [-0.4, -0.2) is 25.2 Å². The molecule has 0 aromatic heterocycles. The Hall–Kier alpha value is 0.430. The molecule has 0 nitrogen and oxygen atoms in total. The van der Waals surface area contributed by atoms with Crippen LogP contribution in [0.15, 0.2) is 0 Å². The number of rotatable bonds is 6. The fraction of sp³-hybridized carbons (Fsp3) is 1.00. The molecule has 0 saturated carbocycles. The molecule has 0 N–H and O–H groups in total. The predicted octanol–water partition coefficient (Wildman–Crippen LogP) is 3.98. The molecule has 76 valence electrons. The average molecular weight is 190 g/mol. The van der Waals surface area contributed by atoms with Gasteiger partial charge in [-0.3, -0.25) is 0 Å². The normalized spacial score (nSPS) is 16.1. The SMILES string of the molecule is CCCC(CC)[PH](C)(C)CCC. The fourth-order valence-electron chi connectivity index (χ4n) is 2.34. The summed E-state index contributed by atoms with van der Waals surface area (Å²) in [4.78, 5) is 0. The van der Waals surface area contributed by atoms with E-state index in [0.717, 1.165) is 5.66 Å². The molecule has 0 aliphatic rings. The van der Waals surface area contributed by atoms with Gasteiger partial charge < -0.3 is 0 Å². The van der Waals surface area contributed by atoms with E-state index in [-0.39, 0.29) is 0 Å². The van der Waals surface area contributed by atoms with Crippen molar-refractivity contribution >= 4 is 7.26 Å². The molecule has 0 aromatic carbocycles. The molecule has 0 aromatic rings. The summed E-state index contributed by atoms with van der Waals surface area (Å²) in [7, 11) is -0.854. The fourth-order valence-corrected chi connectivity index (χ4v) is 6.22. The van der Waals surface area contributed by atoms with Crippen LogP contribution in [0.4, 0.5) is 0 Å². The number of hydrogen-bond donors (Lipinski definition) is 0. The van der Waals surface area contributed by atoms with Crippen molar-refractivity contribution in [2.75, 3.05) is 19.5 Å². The van der Waals surface area contributed by atoms with E-state index in [9.17, 15) is 0 Å². The molecule has 0 bridgehead atoms. The van der Waals surface area contributed by atoms with Crippen molar-refractivity contribution in [2.45, 2.75) is 52.1 Å². The van der Waals surface area contributed by atoms with Gasteiger partial charge >= 0.3 is 78.9 Å². The van der Waals surface area contributed by atoms with Gasteiger partial charge in [0.25, 0.3) is 0 Å². The Labute approximate surface area is 79.5 Å². The van der Waals surface area contributed by atoms with Crippen molar-refractivity contribution in [2.24, 2.45) is 0 Å². The maximum absolute atomic E-state index is 2.57. The van der Waals surface area contributed by atoms with Crippen molar-refractivity contribution in [3.8, 4) is 0 Å². The van der Waals surface area contributed by atoms with Crippen LogP contribution in [0.5, 0.6) is 0 Å². The van der Waals surface area contributed by atoms with Crippen LogP contribution in [0.1, 0.15) is 46.5 Å². The topological polar surface area (TPSA) is 0 Å². The predicted molar refractivity (Wildman–Crippen MR) is 64.3 cm³/mol. The third kappa shape index (κ3) is 3.90. The molecular weight excluding hydrogens is 163 g/mol. The van der Waals surface area contributed by atoms with Crippen LogP contribution in [0.3, 0.4) is 0 Å². The van der Waals surface area contributed by atoms with Gasteiger partial charge in [-0.25, -0.2) is 0 Å². The van der Waals surface area contributed by atoms with Gasteiger partial charge in [-0.1, -0.05) is 0 Å². The summed E-state index contributed by atoms with van der Waals surface area (Å²) in [5.74, 6) is 0. The summed E-state index contributed by atoms with van der Waals surface area (Å²) in [5, 5.41) is 0. The van der Waals surface area contributed by atoms with Gasteiger partial charge in [0.05, 0.1) is 0 Å². The van der Waals surface area contributed by atoms with Crippen LogP contribution in [0.25, 0.3) is 0 Å². The van der Waals surface area contributed by atoms with Crippen LogP contribution in [-0.2, 0) is 0 Å². The monoisotopic (exact) mass is 190 g/mol. The Kier molecular flexibility index (Phi) is 6.19. The molecule has 0 radical (unpaired) electrons. The first kappa shape index (κ1) is 12.4. The molecule has 1 heteroatoms.